The fourth-order valence-electron chi connectivity index (χ4n) is 0.818. The van der Waals surface area contributed by atoms with Gasteiger partial charge in [-0.3, -0.25) is 9.78 Å². The third kappa shape index (κ3) is 1.55. The fraction of sp³-hybridized carbons (Fsp3) is 0.250. The van der Waals surface area contributed by atoms with Crippen LogP contribution in [-0.2, 0) is 0 Å². The predicted octanol–water partition coefficient (Wildman–Crippen LogP) is 1.26. The van der Waals surface area contributed by atoms with E-state index in [9.17, 15) is 4.79 Å². The first-order valence-corrected chi connectivity index (χ1v) is 3.49. The molecule has 1 rings (SSSR count). The predicted molar refractivity (Wildman–Crippen MR) is 43.3 cm³/mol. The SMILES string of the molecule is CCC(=O)c1ncccc1N. The maximum absolute atomic E-state index is 11.1. The Morgan fingerprint density at radius 1 is 1.73 bits per heavy atom. The number of aromatic nitrogens is 1. The molecule has 0 spiro atoms. The number of ketones is 1. The van der Waals surface area contributed by atoms with E-state index in [1.54, 1.807) is 25.3 Å². The first-order chi connectivity index (χ1) is 5.25. The molecule has 0 atom stereocenters. The normalized spacial score (nSPS) is 9.55. The zero-order chi connectivity index (χ0) is 8.27. The second kappa shape index (κ2) is 3.14. The summed E-state index contributed by atoms with van der Waals surface area (Å²) in [6.45, 7) is 1.79. The molecule has 0 aromatic carbocycles. The Labute approximate surface area is 65.2 Å². The monoisotopic (exact) mass is 150 g/mol. The Morgan fingerprint density at radius 2 is 2.45 bits per heavy atom. The molecule has 11 heavy (non-hydrogen) atoms. The summed E-state index contributed by atoms with van der Waals surface area (Å²) in [7, 11) is 0. The van der Waals surface area contributed by atoms with E-state index in [4.69, 9.17) is 5.73 Å². The molecule has 0 saturated heterocycles. The largest absolute Gasteiger partial charge is 0.397 e. The molecule has 0 amide bonds. The summed E-state index contributed by atoms with van der Waals surface area (Å²) in [4.78, 5) is 15.0. The number of nitrogens with two attached hydrogens (primary N) is 1. The van der Waals surface area contributed by atoms with Crippen LogP contribution in [0.25, 0.3) is 0 Å². The number of carbonyl (C=O) groups is 1. The minimum atomic E-state index is -0.0110. The Balaban J connectivity index is 3.03. The average Bonchev–Trinajstić information content (AvgIpc) is 2.04. The van der Waals surface area contributed by atoms with Crippen molar-refractivity contribution in [1.82, 2.24) is 4.98 Å². The van der Waals surface area contributed by atoms with Gasteiger partial charge in [0, 0.05) is 12.6 Å². The highest BCUT2D eigenvalue weighted by Crippen LogP contribution is 2.08. The number of pyridine rings is 1. The lowest BCUT2D eigenvalue weighted by Gasteiger charge is -1.99. The smallest absolute Gasteiger partial charge is 0.183 e. The summed E-state index contributed by atoms with van der Waals surface area (Å²) in [6.07, 6.45) is 2.01. The van der Waals surface area contributed by atoms with Crippen molar-refractivity contribution < 1.29 is 4.79 Å². The van der Waals surface area contributed by atoms with Gasteiger partial charge >= 0.3 is 0 Å². The Hall–Kier alpha value is -1.38. The zero-order valence-electron chi connectivity index (χ0n) is 6.37. The quantitative estimate of drug-likeness (QED) is 0.645. The number of rotatable bonds is 2. The van der Waals surface area contributed by atoms with Crippen LogP contribution in [0.15, 0.2) is 18.3 Å². The highest BCUT2D eigenvalue weighted by atomic mass is 16.1. The summed E-state index contributed by atoms with van der Waals surface area (Å²) < 4.78 is 0. The number of hydrogen-bond acceptors (Lipinski definition) is 3. The highest BCUT2D eigenvalue weighted by Gasteiger charge is 2.06. The Bertz CT molecular complexity index is 271. The summed E-state index contributed by atoms with van der Waals surface area (Å²) >= 11 is 0. The molecule has 0 saturated carbocycles. The van der Waals surface area contributed by atoms with Crippen LogP contribution in [0.5, 0.6) is 0 Å². The molecule has 0 bridgehead atoms. The second-order valence-corrected chi connectivity index (χ2v) is 2.22. The van der Waals surface area contributed by atoms with Crippen LogP contribution < -0.4 is 5.73 Å². The van der Waals surface area contributed by atoms with Crippen molar-refractivity contribution in [3.05, 3.63) is 24.0 Å². The topological polar surface area (TPSA) is 56.0 Å². The van der Waals surface area contributed by atoms with Gasteiger partial charge in [0.1, 0.15) is 5.69 Å². The molecule has 0 radical (unpaired) electrons. The van der Waals surface area contributed by atoms with Crippen LogP contribution in [0.3, 0.4) is 0 Å². The van der Waals surface area contributed by atoms with Gasteiger partial charge in [-0.25, -0.2) is 0 Å². The third-order valence-electron chi connectivity index (χ3n) is 1.42. The average molecular weight is 150 g/mol. The molecular formula is C8H10N2O. The number of carbonyl (C=O) groups excluding carboxylic acids is 1. The van der Waals surface area contributed by atoms with Crippen molar-refractivity contribution >= 4 is 11.5 Å². The maximum Gasteiger partial charge on any atom is 0.183 e. The van der Waals surface area contributed by atoms with Crippen molar-refractivity contribution in [2.24, 2.45) is 0 Å². The molecular weight excluding hydrogens is 140 g/mol. The molecule has 58 valence electrons. The van der Waals surface area contributed by atoms with E-state index in [0.717, 1.165) is 0 Å². The van der Waals surface area contributed by atoms with Crippen LogP contribution in [-0.4, -0.2) is 10.8 Å². The maximum atomic E-state index is 11.1. The summed E-state index contributed by atoms with van der Waals surface area (Å²) in [6, 6.07) is 3.39. The molecule has 3 nitrogen and oxygen atoms in total. The van der Waals surface area contributed by atoms with Gasteiger partial charge in [0.15, 0.2) is 5.78 Å². The first-order valence-electron chi connectivity index (χ1n) is 3.49. The summed E-state index contributed by atoms with van der Waals surface area (Å²) in [5.41, 5.74) is 6.36. The molecule has 0 unspecified atom stereocenters. The van der Waals surface area contributed by atoms with Crippen molar-refractivity contribution in [2.75, 3.05) is 5.73 Å². The van der Waals surface area contributed by atoms with E-state index in [-0.39, 0.29) is 5.78 Å². The van der Waals surface area contributed by atoms with E-state index in [2.05, 4.69) is 4.98 Å². The zero-order valence-corrected chi connectivity index (χ0v) is 6.37. The lowest BCUT2D eigenvalue weighted by molar-refractivity contribution is 0.0984. The molecule has 1 aromatic heterocycles. The lowest BCUT2D eigenvalue weighted by Crippen LogP contribution is -2.04. The first kappa shape index (κ1) is 7.72. The fourth-order valence-corrected chi connectivity index (χ4v) is 0.818. The lowest BCUT2D eigenvalue weighted by atomic mass is 10.2. The van der Waals surface area contributed by atoms with E-state index in [0.29, 0.717) is 17.8 Å². The molecule has 1 aromatic rings. The number of hydrogen-bond donors (Lipinski definition) is 1. The van der Waals surface area contributed by atoms with Gasteiger partial charge in [0.2, 0.25) is 0 Å². The Kier molecular flexibility index (Phi) is 2.21. The van der Waals surface area contributed by atoms with Crippen LogP contribution >= 0.6 is 0 Å². The van der Waals surface area contributed by atoms with Crippen LogP contribution in [0.4, 0.5) is 5.69 Å². The van der Waals surface area contributed by atoms with Gasteiger partial charge in [0.05, 0.1) is 5.69 Å². The number of anilines is 1. The summed E-state index contributed by atoms with van der Waals surface area (Å²) in [5, 5.41) is 0. The molecule has 0 aliphatic heterocycles. The van der Waals surface area contributed by atoms with E-state index in [1.165, 1.54) is 0 Å². The summed E-state index contributed by atoms with van der Waals surface area (Å²) in [5.74, 6) is -0.0110. The molecule has 0 aliphatic rings. The van der Waals surface area contributed by atoms with Crippen LogP contribution in [0.1, 0.15) is 23.8 Å². The number of nitrogen functional groups attached to an aromatic ring is 1. The van der Waals surface area contributed by atoms with Gasteiger partial charge in [0.25, 0.3) is 0 Å². The highest BCUT2D eigenvalue weighted by molar-refractivity contribution is 5.98. The van der Waals surface area contributed by atoms with E-state index < -0.39 is 0 Å². The van der Waals surface area contributed by atoms with Crippen molar-refractivity contribution in [3.8, 4) is 0 Å². The molecule has 0 fully saturated rings. The van der Waals surface area contributed by atoms with Crippen LogP contribution in [0.2, 0.25) is 0 Å². The second-order valence-electron chi connectivity index (χ2n) is 2.22. The van der Waals surface area contributed by atoms with Gasteiger partial charge in [-0.05, 0) is 12.1 Å². The van der Waals surface area contributed by atoms with Gasteiger partial charge in [-0.15, -0.1) is 0 Å². The minimum Gasteiger partial charge on any atom is -0.397 e. The molecule has 2 N–H and O–H groups in total. The van der Waals surface area contributed by atoms with E-state index >= 15 is 0 Å². The minimum absolute atomic E-state index is 0.0110. The molecule has 3 heteroatoms. The third-order valence-corrected chi connectivity index (χ3v) is 1.42. The molecule has 0 aliphatic carbocycles. The van der Waals surface area contributed by atoms with Crippen molar-refractivity contribution in [1.29, 1.82) is 0 Å². The van der Waals surface area contributed by atoms with Gasteiger partial charge in [-0.1, -0.05) is 6.92 Å². The van der Waals surface area contributed by atoms with Crippen molar-refractivity contribution in [3.63, 3.8) is 0 Å². The number of nitrogens with zero attached hydrogens (tertiary/aromatic N) is 1. The van der Waals surface area contributed by atoms with Crippen LogP contribution in [0, 0.1) is 0 Å². The van der Waals surface area contributed by atoms with Gasteiger partial charge < -0.3 is 5.73 Å². The standard InChI is InChI=1S/C8H10N2O/c1-2-7(11)8-6(9)4-3-5-10-8/h3-5H,2,9H2,1H3. The van der Waals surface area contributed by atoms with Crippen molar-refractivity contribution in [2.45, 2.75) is 13.3 Å². The molecule has 1 heterocycles. The Morgan fingerprint density at radius 3 is 3.00 bits per heavy atom. The number of Topliss-reactive ketones (excluding diaryl/α,β-unsaturated/α-hetero) is 1. The van der Waals surface area contributed by atoms with E-state index in [1.807, 2.05) is 0 Å². The van der Waals surface area contributed by atoms with Gasteiger partial charge in [-0.2, -0.15) is 0 Å².